The molecule has 0 bridgehead atoms. The minimum Gasteiger partial charge on any atom is -0.336 e. The van der Waals surface area contributed by atoms with Gasteiger partial charge in [-0.25, -0.2) is 0 Å². The fourth-order valence-electron chi connectivity index (χ4n) is 2.77. The summed E-state index contributed by atoms with van der Waals surface area (Å²) in [7, 11) is 1.64. The predicted octanol–water partition coefficient (Wildman–Crippen LogP) is 2.68. The van der Waals surface area contributed by atoms with Gasteiger partial charge in [-0.1, -0.05) is 24.1 Å². The summed E-state index contributed by atoms with van der Waals surface area (Å²) < 4.78 is 0. The van der Waals surface area contributed by atoms with Gasteiger partial charge in [0.25, 0.3) is 0 Å². The van der Waals surface area contributed by atoms with Crippen LogP contribution in [-0.4, -0.2) is 36.3 Å². The van der Waals surface area contributed by atoms with Gasteiger partial charge in [0, 0.05) is 30.2 Å². The Morgan fingerprint density at radius 2 is 2.13 bits per heavy atom. The summed E-state index contributed by atoms with van der Waals surface area (Å²) >= 11 is 5.87. The van der Waals surface area contributed by atoms with Gasteiger partial charge in [-0.05, 0) is 37.0 Å². The molecule has 128 valence electrons. The van der Waals surface area contributed by atoms with E-state index in [0.717, 1.165) is 19.3 Å². The quantitative estimate of drug-likeness (QED) is 0.848. The number of nitrogens with zero attached hydrogens (tertiary/aromatic N) is 1. The lowest BCUT2D eigenvalue weighted by Crippen LogP contribution is -2.37. The number of halogens is 2. The van der Waals surface area contributed by atoms with Gasteiger partial charge in [0.15, 0.2) is 0 Å². The topological polar surface area (TPSA) is 75.4 Å². The lowest BCUT2D eigenvalue weighted by Gasteiger charge is -2.21. The zero-order valence-corrected chi connectivity index (χ0v) is 14.7. The summed E-state index contributed by atoms with van der Waals surface area (Å²) in [5, 5.41) is 3.28. The second-order valence-electron chi connectivity index (χ2n) is 5.87. The van der Waals surface area contributed by atoms with Gasteiger partial charge in [0.2, 0.25) is 11.8 Å². The summed E-state index contributed by atoms with van der Waals surface area (Å²) in [6.07, 6.45) is 3.48. The molecule has 1 saturated carbocycles. The standard InChI is InChI=1S/C16H22ClN3O2.ClH/c1-20(16(22)8-11-4-2-7-14(11)18)10-15(21)19-13-6-3-5-12(17)9-13;/h3,5-6,9,11,14H,2,4,7-8,10,18H2,1H3,(H,19,21);1H/t11-,14+;/m0./s1. The maximum atomic E-state index is 12.2. The first-order valence-electron chi connectivity index (χ1n) is 7.50. The molecule has 1 aliphatic rings. The summed E-state index contributed by atoms with van der Waals surface area (Å²) in [6, 6.07) is 7.02. The van der Waals surface area contributed by atoms with E-state index in [0.29, 0.717) is 17.1 Å². The largest absolute Gasteiger partial charge is 0.336 e. The van der Waals surface area contributed by atoms with Crippen molar-refractivity contribution in [2.24, 2.45) is 11.7 Å². The first-order chi connectivity index (χ1) is 10.5. The third kappa shape index (κ3) is 6.01. The molecule has 1 aromatic rings. The molecule has 7 heteroatoms. The van der Waals surface area contributed by atoms with Gasteiger partial charge in [-0.15, -0.1) is 12.4 Å². The Morgan fingerprint density at radius 1 is 1.39 bits per heavy atom. The van der Waals surface area contributed by atoms with Crippen molar-refractivity contribution in [1.82, 2.24) is 4.90 Å². The van der Waals surface area contributed by atoms with E-state index in [1.54, 1.807) is 31.3 Å². The number of nitrogens with two attached hydrogens (primary N) is 1. The van der Waals surface area contributed by atoms with E-state index in [1.807, 2.05) is 0 Å². The fourth-order valence-corrected chi connectivity index (χ4v) is 2.96. The summed E-state index contributed by atoms with van der Waals surface area (Å²) in [5.41, 5.74) is 6.60. The van der Waals surface area contributed by atoms with Crippen LogP contribution in [0.2, 0.25) is 5.02 Å². The summed E-state index contributed by atoms with van der Waals surface area (Å²) in [5.74, 6) is -0.0385. The number of likely N-dealkylation sites (N-methyl/N-ethyl adjacent to an activating group) is 1. The molecule has 1 aliphatic carbocycles. The fraction of sp³-hybridized carbons (Fsp3) is 0.500. The van der Waals surface area contributed by atoms with Crippen molar-refractivity contribution >= 4 is 41.5 Å². The molecular formula is C16H23Cl2N3O2. The van der Waals surface area contributed by atoms with Gasteiger partial charge in [0.05, 0.1) is 6.54 Å². The second kappa shape index (κ2) is 9.11. The Bertz CT molecular complexity index is 554. The average Bonchev–Trinajstić information content (AvgIpc) is 2.84. The molecule has 23 heavy (non-hydrogen) atoms. The number of carbonyl (C=O) groups excluding carboxylic acids is 2. The number of benzene rings is 1. The molecule has 0 unspecified atom stereocenters. The zero-order valence-electron chi connectivity index (χ0n) is 13.1. The lowest BCUT2D eigenvalue weighted by atomic mass is 9.99. The van der Waals surface area contributed by atoms with Crippen molar-refractivity contribution in [3.63, 3.8) is 0 Å². The average molecular weight is 360 g/mol. The molecule has 3 N–H and O–H groups in total. The highest BCUT2D eigenvalue weighted by Crippen LogP contribution is 2.27. The Labute approximate surface area is 148 Å². The van der Waals surface area contributed by atoms with Crippen LogP contribution >= 0.6 is 24.0 Å². The molecule has 1 fully saturated rings. The van der Waals surface area contributed by atoms with Crippen molar-refractivity contribution in [3.8, 4) is 0 Å². The first kappa shape index (κ1) is 19.7. The van der Waals surface area contributed by atoms with Gasteiger partial charge in [0.1, 0.15) is 0 Å². The van der Waals surface area contributed by atoms with E-state index < -0.39 is 0 Å². The van der Waals surface area contributed by atoms with Crippen molar-refractivity contribution in [1.29, 1.82) is 0 Å². The van der Waals surface area contributed by atoms with Crippen LogP contribution in [0.1, 0.15) is 25.7 Å². The number of rotatable bonds is 5. The number of hydrogen-bond acceptors (Lipinski definition) is 3. The molecule has 2 rings (SSSR count). The first-order valence-corrected chi connectivity index (χ1v) is 7.88. The van der Waals surface area contributed by atoms with Crippen molar-refractivity contribution in [2.45, 2.75) is 31.7 Å². The number of carbonyl (C=O) groups is 2. The van der Waals surface area contributed by atoms with Crippen LogP contribution in [0.25, 0.3) is 0 Å². The number of amides is 2. The van der Waals surface area contributed by atoms with E-state index in [2.05, 4.69) is 5.32 Å². The van der Waals surface area contributed by atoms with Crippen LogP contribution in [0.15, 0.2) is 24.3 Å². The van der Waals surface area contributed by atoms with Crippen LogP contribution < -0.4 is 11.1 Å². The van der Waals surface area contributed by atoms with Crippen LogP contribution in [0.4, 0.5) is 5.69 Å². The van der Waals surface area contributed by atoms with Crippen LogP contribution in [0.3, 0.4) is 0 Å². The smallest absolute Gasteiger partial charge is 0.243 e. The van der Waals surface area contributed by atoms with E-state index in [1.165, 1.54) is 4.90 Å². The highest BCUT2D eigenvalue weighted by molar-refractivity contribution is 6.30. The molecule has 2 atom stereocenters. The van der Waals surface area contributed by atoms with Crippen LogP contribution in [0, 0.1) is 5.92 Å². The molecule has 2 amide bonds. The molecule has 0 spiro atoms. The molecule has 0 aliphatic heterocycles. The molecule has 0 radical (unpaired) electrons. The Morgan fingerprint density at radius 3 is 2.74 bits per heavy atom. The van der Waals surface area contributed by atoms with E-state index >= 15 is 0 Å². The SMILES string of the molecule is CN(CC(=O)Nc1cccc(Cl)c1)C(=O)C[C@@H]1CCC[C@H]1N.Cl. The predicted molar refractivity (Wildman–Crippen MR) is 94.9 cm³/mol. The van der Waals surface area contributed by atoms with Gasteiger partial charge < -0.3 is 16.0 Å². The summed E-state index contributed by atoms with van der Waals surface area (Å²) in [4.78, 5) is 25.6. The lowest BCUT2D eigenvalue weighted by molar-refractivity contribution is -0.134. The Balaban J connectivity index is 0.00000264. The molecule has 0 aromatic heterocycles. The molecule has 5 nitrogen and oxygen atoms in total. The normalized spacial score (nSPS) is 19.8. The van der Waals surface area contributed by atoms with E-state index in [9.17, 15) is 9.59 Å². The number of hydrogen-bond donors (Lipinski definition) is 2. The van der Waals surface area contributed by atoms with Crippen molar-refractivity contribution in [3.05, 3.63) is 29.3 Å². The minimum atomic E-state index is -0.242. The third-order valence-corrected chi connectivity index (χ3v) is 4.30. The zero-order chi connectivity index (χ0) is 16.1. The number of anilines is 1. The monoisotopic (exact) mass is 359 g/mol. The van der Waals surface area contributed by atoms with Gasteiger partial charge in [-0.3, -0.25) is 9.59 Å². The van der Waals surface area contributed by atoms with E-state index in [4.69, 9.17) is 17.3 Å². The second-order valence-corrected chi connectivity index (χ2v) is 6.30. The molecule has 1 aromatic carbocycles. The Hall–Kier alpha value is -1.30. The van der Waals surface area contributed by atoms with Crippen molar-refractivity contribution < 1.29 is 9.59 Å². The maximum absolute atomic E-state index is 12.2. The molecular weight excluding hydrogens is 337 g/mol. The molecule has 0 saturated heterocycles. The van der Waals surface area contributed by atoms with Crippen LogP contribution in [0.5, 0.6) is 0 Å². The Kier molecular flexibility index (Phi) is 7.82. The summed E-state index contributed by atoms with van der Waals surface area (Å²) in [6.45, 7) is 0.0211. The molecule has 0 heterocycles. The third-order valence-electron chi connectivity index (χ3n) is 4.07. The van der Waals surface area contributed by atoms with E-state index in [-0.39, 0.29) is 42.7 Å². The van der Waals surface area contributed by atoms with Gasteiger partial charge in [-0.2, -0.15) is 0 Å². The number of nitrogens with one attached hydrogen (secondary N) is 1. The highest BCUT2D eigenvalue weighted by Gasteiger charge is 2.27. The van der Waals surface area contributed by atoms with Crippen molar-refractivity contribution in [2.75, 3.05) is 18.9 Å². The minimum absolute atomic E-state index is 0. The van der Waals surface area contributed by atoms with Gasteiger partial charge >= 0.3 is 0 Å². The highest BCUT2D eigenvalue weighted by atomic mass is 35.5. The van der Waals surface area contributed by atoms with Crippen LogP contribution in [-0.2, 0) is 9.59 Å². The maximum Gasteiger partial charge on any atom is 0.243 e.